The van der Waals surface area contributed by atoms with Gasteiger partial charge in [-0.25, -0.2) is 0 Å². The molecule has 1 aromatic heterocycles. The van der Waals surface area contributed by atoms with Crippen molar-refractivity contribution in [2.75, 3.05) is 11.5 Å². The van der Waals surface area contributed by atoms with E-state index in [1.54, 1.807) is 0 Å². The second kappa shape index (κ2) is 24.4. The molecule has 0 amide bonds. The summed E-state index contributed by atoms with van der Waals surface area (Å²) >= 11 is 0. The first-order valence-corrected chi connectivity index (χ1v) is 35.2. The molecule has 90 heavy (non-hydrogen) atoms. The Bertz CT molecular complexity index is 4760. The largest absolute Gasteiger partial charge is 0.494 e. The minimum absolute atomic E-state index is 0.363. The van der Waals surface area contributed by atoms with Crippen molar-refractivity contribution < 1.29 is 4.74 Å². The van der Waals surface area contributed by atoms with Crippen LogP contribution in [-0.4, -0.2) is 19.2 Å². The van der Waals surface area contributed by atoms with E-state index in [1.165, 1.54) is 106 Å². The van der Waals surface area contributed by atoms with Crippen molar-refractivity contribution in [1.29, 1.82) is 0 Å². The summed E-state index contributed by atoms with van der Waals surface area (Å²) in [7, 11) is -1.73. The number of rotatable bonds is 19. The van der Waals surface area contributed by atoms with Crippen molar-refractivity contribution in [3.63, 3.8) is 0 Å². The molecule has 1 aliphatic rings. The number of hydrogen-bond acceptors (Lipinski definition) is 2. The Hall–Kier alpha value is -10.3. The van der Waals surface area contributed by atoms with E-state index in [9.17, 15) is 0 Å². The second-order valence-corrected chi connectivity index (χ2v) is 30.5. The van der Waals surface area contributed by atoms with Gasteiger partial charge < -0.3 is 14.2 Å². The average Bonchev–Trinajstić information content (AvgIpc) is 1.58. The Morgan fingerprint density at radius 2 is 0.911 bits per heavy atom. The molecular formula is C86H74N2OSi. The lowest BCUT2D eigenvalue weighted by molar-refractivity contribution is 0.335. The number of para-hydroxylation sites is 1. The van der Waals surface area contributed by atoms with Gasteiger partial charge in [0.15, 0.2) is 0 Å². The molecule has 1 unspecified atom stereocenters. The lowest BCUT2D eigenvalue weighted by Gasteiger charge is -2.35. The van der Waals surface area contributed by atoms with E-state index in [4.69, 9.17) is 4.74 Å². The van der Waals surface area contributed by atoms with Crippen LogP contribution in [0.3, 0.4) is 0 Å². The van der Waals surface area contributed by atoms with Crippen molar-refractivity contribution in [1.82, 2.24) is 4.57 Å². The van der Waals surface area contributed by atoms with Gasteiger partial charge in [0.25, 0.3) is 0 Å². The fraction of sp³-hybridized carbons (Fsp3) is 0.116. The first kappa shape index (κ1) is 57.5. The van der Waals surface area contributed by atoms with Crippen LogP contribution in [0.4, 0.5) is 17.1 Å². The first-order valence-electron chi connectivity index (χ1n) is 31.8. The van der Waals surface area contributed by atoms with Gasteiger partial charge in [-0.3, -0.25) is 0 Å². The Morgan fingerprint density at radius 3 is 1.51 bits per heavy atom. The Kier molecular flexibility index (Phi) is 15.6. The number of aryl methyl sites for hydroxylation is 2. The van der Waals surface area contributed by atoms with Crippen LogP contribution in [0.2, 0.25) is 25.2 Å². The number of aromatic nitrogens is 1. The molecule has 0 spiro atoms. The van der Waals surface area contributed by atoms with Crippen LogP contribution in [0.25, 0.3) is 95.3 Å². The number of anilines is 3. The molecule has 438 valence electrons. The van der Waals surface area contributed by atoms with Crippen LogP contribution >= 0.6 is 0 Å². The quantitative estimate of drug-likeness (QED) is 0.0751. The molecule has 4 heteroatoms. The summed E-state index contributed by atoms with van der Waals surface area (Å²) in [6.45, 7) is 18.1. The average molecular weight is 1180 g/mol. The zero-order valence-electron chi connectivity index (χ0n) is 52.0. The van der Waals surface area contributed by atoms with Crippen molar-refractivity contribution >= 4 is 59.1 Å². The molecule has 12 aromatic carbocycles. The monoisotopic (exact) mass is 1180 g/mol. The summed E-state index contributed by atoms with van der Waals surface area (Å²) in [5.41, 5.74) is 27.4. The molecule has 0 saturated carbocycles. The molecule has 0 bridgehead atoms. The van der Waals surface area contributed by atoms with Crippen LogP contribution in [0.15, 0.2) is 292 Å². The third-order valence-electron chi connectivity index (χ3n) is 19.0. The molecule has 14 rings (SSSR count). The fourth-order valence-corrected chi connectivity index (χ4v) is 16.2. The number of hydrogen-bond donors (Lipinski definition) is 0. The summed E-state index contributed by atoms with van der Waals surface area (Å²) in [6.07, 6.45) is 5.88. The van der Waals surface area contributed by atoms with Crippen LogP contribution in [0.5, 0.6) is 5.75 Å². The van der Waals surface area contributed by atoms with E-state index < -0.39 is 8.07 Å². The van der Waals surface area contributed by atoms with E-state index >= 15 is 0 Å². The third kappa shape index (κ3) is 10.9. The minimum atomic E-state index is -1.73. The molecular weight excluding hydrogens is 1110 g/mol. The zero-order valence-corrected chi connectivity index (χ0v) is 53.0. The van der Waals surface area contributed by atoms with Gasteiger partial charge in [-0.1, -0.05) is 245 Å². The van der Waals surface area contributed by atoms with Gasteiger partial charge in [-0.2, -0.15) is 0 Å². The van der Waals surface area contributed by atoms with Gasteiger partial charge in [0.2, 0.25) is 0 Å². The van der Waals surface area contributed by atoms with E-state index in [0.29, 0.717) is 0 Å². The van der Waals surface area contributed by atoms with E-state index in [2.05, 4.69) is 329 Å². The molecule has 13 aromatic rings. The summed E-state index contributed by atoms with van der Waals surface area (Å²) in [6, 6.07) is 106. The molecule has 1 aliphatic carbocycles. The zero-order chi connectivity index (χ0) is 61.3. The molecule has 0 radical (unpaired) electrons. The molecule has 1 heterocycles. The molecule has 0 N–H and O–H groups in total. The highest BCUT2D eigenvalue weighted by atomic mass is 28.3. The number of nitrogens with zero attached hydrogens (tertiary/aromatic N) is 2. The lowest BCUT2D eigenvalue weighted by Crippen LogP contribution is -2.31. The fourth-order valence-electron chi connectivity index (χ4n) is 14.1. The van der Waals surface area contributed by atoms with Gasteiger partial charge in [0, 0.05) is 38.9 Å². The molecule has 0 aliphatic heterocycles. The first-order chi connectivity index (χ1) is 44.1. The third-order valence-corrected chi connectivity index (χ3v) is 22.3. The summed E-state index contributed by atoms with van der Waals surface area (Å²) in [5.74, 6) is 0.988. The van der Waals surface area contributed by atoms with Gasteiger partial charge in [0.1, 0.15) is 5.75 Å². The summed E-state index contributed by atoms with van der Waals surface area (Å²) < 4.78 is 9.09. The maximum Gasteiger partial charge on any atom is 0.122 e. The SMILES string of the molecule is C=Cc1ccc(-c2ccc3c(c2)c2cc(-c4ccc(N(c5ccc(-c6ccccc6)cc5)c5ccc6c(c5)C(CCC[Si](C)(C)CCOc5cc(C)c(-c7ccc(C=C)cc7)cc5C)(c5ccccc5)c5ccccc5-6)cc4)ccc2n3-c2ccccc2)cc1. The Labute approximate surface area is 532 Å². The van der Waals surface area contributed by atoms with E-state index in [0.717, 1.165) is 70.7 Å². The van der Waals surface area contributed by atoms with Crippen LogP contribution in [0, 0.1) is 13.8 Å². The topological polar surface area (TPSA) is 17.4 Å². The Morgan fingerprint density at radius 1 is 0.422 bits per heavy atom. The highest BCUT2D eigenvalue weighted by Crippen LogP contribution is 2.57. The standard InChI is InChI=1S/C86H74N2OSi/c1-7-62-29-33-66(34-30-62)69-41-49-83-79(57-69)80-58-70(42-50-84(80)88(83)72-25-16-11-17-26-72)67-39-45-74(46-40-67)87(73-43-37-65(38-44-73)64-21-12-9-13-22-64)75-47-48-77-76-27-18-19-28-81(76)86(82(77)59-75,71-23-14-10-15-24-71)51-20-53-90(5,6)54-52-89-85-56-60(3)78(55-61(85)4)68-35-31-63(8-2)32-36-68/h7-19,21-50,55-59H,1-2,20,51-54H2,3-6H3. The maximum atomic E-state index is 6.69. The highest BCUT2D eigenvalue weighted by molar-refractivity contribution is 6.77. The highest BCUT2D eigenvalue weighted by Gasteiger charge is 2.45. The number of benzene rings is 12. The smallest absolute Gasteiger partial charge is 0.122 e. The van der Waals surface area contributed by atoms with Gasteiger partial charge in [-0.05, 0) is 206 Å². The van der Waals surface area contributed by atoms with Gasteiger partial charge in [-0.15, -0.1) is 0 Å². The Balaban J connectivity index is 0.804. The molecule has 0 saturated heterocycles. The minimum Gasteiger partial charge on any atom is -0.494 e. The normalized spacial score (nSPS) is 13.5. The van der Waals surface area contributed by atoms with E-state index in [1.807, 2.05) is 12.2 Å². The van der Waals surface area contributed by atoms with Crippen molar-refractivity contribution in [3.8, 4) is 67.1 Å². The second-order valence-electron chi connectivity index (χ2n) is 25.2. The van der Waals surface area contributed by atoms with Gasteiger partial charge >= 0.3 is 0 Å². The predicted octanol–water partition coefficient (Wildman–Crippen LogP) is 23.7. The number of ether oxygens (including phenoxy) is 1. The molecule has 3 nitrogen and oxygen atoms in total. The van der Waals surface area contributed by atoms with Crippen LogP contribution < -0.4 is 9.64 Å². The van der Waals surface area contributed by atoms with Crippen LogP contribution in [0.1, 0.15) is 51.8 Å². The van der Waals surface area contributed by atoms with Crippen molar-refractivity contribution in [2.45, 2.75) is 57.3 Å². The predicted molar refractivity (Wildman–Crippen MR) is 387 cm³/mol. The molecule has 1 atom stereocenters. The summed E-state index contributed by atoms with van der Waals surface area (Å²) in [4.78, 5) is 2.46. The van der Waals surface area contributed by atoms with E-state index in [-0.39, 0.29) is 5.41 Å². The van der Waals surface area contributed by atoms with Crippen molar-refractivity contribution in [2.24, 2.45) is 0 Å². The maximum absolute atomic E-state index is 6.69. The summed E-state index contributed by atoms with van der Waals surface area (Å²) in [5, 5.41) is 2.44. The van der Waals surface area contributed by atoms with Gasteiger partial charge in [0.05, 0.1) is 25.7 Å². The lowest BCUT2D eigenvalue weighted by atomic mass is 9.69. The van der Waals surface area contributed by atoms with Crippen molar-refractivity contribution in [3.05, 3.63) is 331 Å². The number of fused-ring (bicyclic) bond motifs is 6. The van der Waals surface area contributed by atoms with Crippen LogP contribution in [-0.2, 0) is 5.41 Å². The molecule has 0 fully saturated rings.